The smallest absolute Gasteiger partial charge is 0.124 e. The second kappa shape index (κ2) is 24.1. The highest BCUT2D eigenvalue weighted by atomic mass is 16.3. The maximum Gasteiger partial charge on any atom is 0.124 e. The van der Waals surface area contributed by atoms with Crippen LogP contribution in [-0.2, 0) is 0 Å². The first kappa shape index (κ1) is 36.0. The number of para-hydroxylation sites is 3. The van der Waals surface area contributed by atoms with Crippen LogP contribution >= 0.6 is 0 Å². The van der Waals surface area contributed by atoms with Crippen LogP contribution in [0.25, 0.3) is 0 Å². The first-order valence-electron chi connectivity index (χ1n) is 14.2. The second-order valence-electron chi connectivity index (χ2n) is 7.62. The molecule has 0 spiro atoms. The summed E-state index contributed by atoms with van der Waals surface area (Å²) >= 11 is 0. The zero-order chi connectivity index (χ0) is 30.0. The number of rotatable bonds is 12. The Morgan fingerprint density at radius 3 is 0.975 bits per heavy atom. The maximum absolute atomic E-state index is 9.86. The first-order valence-corrected chi connectivity index (χ1v) is 14.2. The molecule has 218 valence electrons. The van der Waals surface area contributed by atoms with E-state index < -0.39 is 0 Å². The largest absolute Gasteiger partial charge is 0.507 e. The molecule has 3 rings (SSSR count). The number of hydrogen-bond donors (Lipinski definition) is 3. The lowest BCUT2D eigenvalue weighted by Crippen LogP contribution is -2.31. The molecule has 0 aliphatic heterocycles. The fourth-order valence-electron chi connectivity index (χ4n) is 3.21. The van der Waals surface area contributed by atoms with Crippen molar-refractivity contribution in [2.45, 2.75) is 41.5 Å². The molecule has 3 aromatic carbocycles. The molecule has 0 amide bonds. The summed E-state index contributed by atoms with van der Waals surface area (Å²) in [5.41, 5.74) is 2.07. The van der Waals surface area contributed by atoms with Gasteiger partial charge in [0.25, 0.3) is 0 Å². The minimum Gasteiger partial charge on any atom is -0.507 e. The number of nitrogens with zero attached hydrogens (tertiary/aromatic N) is 4. The van der Waals surface area contributed by atoms with Crippen molar-refractivity contribution in [2.24, 2.45) is 15.0 Å². The van der Waals surface area contributed by atoms with E-state index in [1.807, 2.05) is 77.9 Å². The predicted molar refractivity (Wildman–Crippen MR) is 172 cm³/mol. The Hall–Kier alpha value is -3.97. The topological polar surface area (TPSA) is 101 Å². The van der Waals surface area contributed by atoms with Crippen molar-refractivity contribution in [3.05, 3.63) is 89.5 Å². The van der Waals surface area contributed by atoms with Crippen LogP contribution < -0.4 is 0 Å². The van der Waals surface area contributed by atoms with E-state index >= 15 is 0 Å². The van der Waals surface area contributed by atoms with Crippen molar-refractivity contribution in [3.8, 4) is 17.2 Å². The van der Waals surface area contributed by atoms with E-state index in [1.165, 1.54) is 0 Å². The van der Waals surface area contributed by atoms with E-state index in [4.69, 9.17) is 0 Å². The monoisotopic (exact) mass is 548 g/mol. The van der Waals surface area contributed by atoms with Gasteiger partial charge in [-0.3, -0.25) is 19.9 Å². The molecule has 7 heteroatoms. The maximum atomic E-state index is 9.86. The van der Waals surface area contributed by atoms with Gasteiger partial charge in [-0.2, -0.15) is 0 Å². The molecule has 0 unspecified atom stereocenters. The lowest BCUT2D eigenvalue weighted by molar-refractivity contribution is 0.298. The molecular weight excluding hydrogens is 500 g/mol. The van der Waals surface area contributed by atoms with Crippen LogP contribution in [0.3, 0.4) is 0 Å². The Morgan fingerprint density at radius 2 is 0.725 bits per heavy atom. The highest BCUT2D eigenvalue weighted by molar-refractivity contribution is 5.84. The van der Waals surface area contributed by atoms with Crippen LogP contribution in [0.4, 0.5) is 0 Å². The molecule has 3 aromatic rings. The second-order valence-corrected chi connectivity index (χ2v) is 7.62. The first-order chi connectivity index (χ1) is 19.6. The van der Waals surface area contributed by atoms with Crippen molar-refractivity contribution in [1.82, 2.24) is 4.90 Å². The van der Waals surface area contributed by atoms with Gasteiger partial charge in [-0.1, -0.05) is 77.9 Å². The molecule has 0 saturated heterocycles. The highest BCUT2D eigenvalue weighted by Gasteiger charge is 2.04. The molecule has 0 atom stereocenters. The number of aliphatic imine (C=N–C) groups is 3. The van der Waals surface area contributed by atoms with Crippen LogP contribution in [-0.4, -0.2) is 78.1 Å². The molecule has 0 aliphatic rings. The summed E-state index contributed by atoms with van der Waals surface area (Å²) in [7, 11) is 0. The average Bonchev–Trinajstić information content (AvgIpc) is 3.00. The van der Waals surface area contributed by atoms with Gasteiger partial charge in [-0.25, -0.2) is 0 Å². The van der Waals surface area contributed by atoms with Crippen LogP contribution in [0.15, 0.2) is 87.8 Å². The molecule has 40 heavy (non-hydrogen) atoms. The van der Waals surface area contributed by atoms with Gasteiger partial charge in [-0.05, 0) is 36.4 Å². The zero-order valence-electron chi connectivity index (χ0n) is 25.0. The SMILES string of the molecule is CC.CC.CC.Oc1ccccc1C=NCCN(CCN=Cc1ccccc1O)CCN=Cc1ccccc1O. The minimum absolute atomic E-state index is 0.208. The van der Waals surface area contributed by atoms with Crippen molar-refractivity contribution in [2.75, 3.05) is 39.3 Å². The van der Waals surface area contributed by atoms with Gasteiger partial charge in [0.15, 0.2) is 0 Å². The summed E-state index contributed by atoms with van der Waals surface area (Å²) in [4.78, 5) is 15.6. The summed E-state index contributed by atoms with van der Waals surface area (Å²) < 4.78 is 0. The predicted octanol–water partition coefficient (Wildman–Crippen LogP) is 6.84. The summed E-state index contributed by atoms with van der Waals surface area (Å²) in [6.07, 6.45) is 5.04. The molecule has 0 radical (unpaired) electrons. The Balaban J connectivity index is 0.00000237. The lowest BCUT2D eigenvalue weighted by atomic mass is 10.2. The van der Waals surface area contributed by atoms with E-state index in [-0.39, 0.29) is 17.2 Å². The molecule has 0 aliphatic carbocycles. The zero-order valence-corrected chi connectivity index (χ0v) is 25.0. The number of benzene rings is 3. The van der Waals surface area contributed by atoms with Gasteiger partial charge in [0.1, 0.15) is 17.2 Å². The Labute approximate surface area is 241 Å². The van der Waals surface area contributed by atoms with E-state index in [9.17, 15) is 15.3 Å². The molecule has 0 saturated carbocycles. The van der Waals surface area contributed by atoms with Gasteiger partial charge in [0, 0.05) is 55.0 Å². The number of hydrogen-bond acceptors (Lipinski definition) is 7. The third kappa shape index (κ3) is 14.8. The number of phenolic OH excluding ortho intramolecular Hbond substituents is 3. The summed E-state index contributed by atoms with van der Waals surface area (Å²) in [5.74, 6) is 0.625. The Morgan fingerprint density at radius 1 is 0.475 bits per heavy atom. The van der Waals surface area contributed by atoms with Gasteiger partial charge in [-0.15, -0.1) is 0 Å². The van der Waals surface area contributed by atoms with Crippen LogP contribution in [0.5, 0.6) is 17.2 Å². The molecule has 0 aromatic heterocycles. The van der Waals surface area contributed by atoms with Gasteiger partial charge >= 0.3 is 0 Å². The average molecular weight is 549 g/mol. The fraction of sp³-hybridized carbons (Fsp3) is 0.364. The quantitative estimate of drug-likeness (QED) is 0.216. The van der Waals surface area contributed by atoms with Gasteiger partial charge in [0.2, 0.25) is 0 Å². The third-order valence-electron chi connectivity index (χ3n) is 5.14. The number of phenols is 3. The van der Waals surface area contributed by atoms with Crippen molar-refractivity contribution < 1.29 is 15.3 Å². The van der Waals surface area contributed by atoms with Crippen LogP contribution in [0, 0.1) is 0 Å². The molecule has 3 N–H and O–H groups in total. The molecule has 0 heterocycles. The van der Waals surface area contributed by atoms with E-state index in [1.54, 1.807) is 55.0 Å². The fourth-order valence-corrected chi connectivity index (χ4v) is 3.21. The van der Waals surface area contributed by atoms with Crippen molar-refractivity contribution >= 4 is 18.6 Å². The van der Waals surface area contributed by atoms with Gasteiger partial charge in [0.05, 0.1) is 19.6 Å². The summed E-state index contributed by atoms with van der Waals surface area (Å²) in [6, 6.07) is 21.3. The van der Waals surface area contributed by atoms with E-state index in [0.29, 0.717) is 56.0 Å². The molecule has 0 fully saturated rings. The molecule has 0 bridgehead atoms. The highest BCUT2D eigenvalue weighted by Crippen LogP contribution is 2.14. The van der Waals surface area contributed by atoms with E-state index in [2.05, 4.69) is 19.9 Å². The van der Waals surface area contributed by atoms with Crippen molar-refractivity contribution in [3.63, 3.8) is 0 Å². The summed E-state index contributed by atoms with van der Waals surface area (Å²) in [5, 5.41) is 29.6. The Kier molecular flexibility index (Phi) is 21.7. The van der Waals surface area contributed by atoms with Gasteiger partial charge < -0.3 is 15.3 Å². The van der Waals surface area contributed by atoms with Crippen LogP contribution in [0.1, 0.15) is 58.2 Å². The molecular formula is C33H48N4O3. The number of aromatic hydroxyl groups is 3. The third-order valence-corrected chi connectivity index (χ3v) is 5.14. The van der Waals surface area contributed by atoms with E-state index in [0.717, 1.165) is 0 Å². The normalized spacial score (nSPS) is 10.6. The standard InChI is InChI=1S/C27H30N4O3.3C2H6/c32-25-10-4-1-7-22(25)19-28-13-16-31(17-14-29-20-23-8-2-5-11-26(23)33)18-15-30-21-24-9-3-6-12-27(24)34;3*1-2/h1-12,19-21,32-34H,13-18H2;3*1-2H3. The molecule has 7 nitrogen and oxygen atoms in total. The lowest BCUT2D eigenvalue weighted by Gasteiger charge is -2.19. The minimum atomic E-state index is 0.208. The van der Waals surface area contributed by atoms with Crippen LogP contribution in [0.2, 0.25) is 0 Å². The van der Waals surface area contributed by atoms with Crippen molar-refractivity contribution in [1.29, 1.82) is 0 Å². The summed E-state index contributed by atoms with van der Waals surface area (Å²) in [6.45, 7) is 15.8. The Bertz CT molecular complexity index is 988.